The maximum atomic E-state index is 11.7. The molecule has 4 heteroatoms. The number of carbonyl (C=O) groups excluding carboxylic acids is 1. The first kappa shape index (κ1) is 9.37. The third kappa shape index (κ3) is 1.84. The summed E-state index contributed by atoms with van der Waals surface area (Å²) >= 11 is 7.04. The summed E-state index contributed by atoms with van der Waals surface area (Å²) in [5.41, 5.74) is 1.04. The van der Waals surface area contributed by atoms with Crippen molar-refractivity contribution >= 4 is 28.9 Å². The largest absolute Gasteiger partial charge is 0.287 e. The Morgan fingerprint density at radius 2 is 2.21 bits per heavy atom. The molecule has 2 aromatic rings. The Kier molecular flexibility index (Phi) is 2.61. The summed E-state index contributed by atoms with van der Waals surface area (Å²) < 4.78 is 3.97. The molecule has 0 spiro atoms. The molecule has 70 valence electrons. The molecule has 0 saturated carbocycles. The first-order chi connectivity index (χ1) is 6.77. The van der Waals surface area contributed by atoms with Gasteiger partial charge in [0.15, 0.2) is 0 Å². The van der Waals surface area contributed by atoms with Gasteiger partial charge < -0.3 is 0 Å². The lowest BCUT2D eigenvalue weighted by Crippen LogP contribution is -2.00. The van der Waals surface area contributed by atoms with Gasteiger partial charge in [0.2, 0.25) is 5.78 Å². The van der Waals surface area contributed by atoms with Gasteiger partial charge in [-0.2, -0.15) is 4.37 Å². The smallest absolute Gasteiger partial charge is 0.212 e. The minimum atomic E-state index is -0.0891. The lowest BCUT2D eigenvalue weighted by molar-refractivity contribution is 0.103. The summed E-state index contributed by atoms with van der Waals surface area (Å²) in [6.07, 6.45) is 0. The Balaban J connectivity index is 2.37. The van der Waals surface area contributed by atoms with Crippen LogP contribution in [-0.2, 0) is 0 Å². The summed E-state index contributed by atoms with van der Waals surface area (Å²) in [4.78, 5) is 11.7. The molecule has 1 aromatic heterocycles. The van der Waals surface area contributed by atoms with Crippen LogP contribution in [0, 0.1) is 0 Å². The van der Waals surface area contributed by atoms with Crippen LogP contribution in [0.3, 0.4) is 0 Å². The number of carbonyl (C=O) groups is 1. The summed E-state index contributed by atoms with van der Waals surface area (Å²) in [5.74, 6) is -0.0891. The van der Waals surface area contributed by atoms with Gasteiger partial charge in [0.25, 0.3) is 0 Å². The van der Waals surface area contributed by atoms with E-state index in [4.69, 9.17) is 11.6 Å². The van der Waals surface area contributed by atoms with E-state index < -0.39 is 0 Å². The summed E-state index contributed by atoms with van der Waals surface area (Å²) in [6, 6.07) is 8.56. The van der Waals surface area contributed by atoms with Crippen molar-refractivity contribution in [2.45, 2.75) is 0 Å². The second-order valence-electron chi connectivity index (χ2n) is 2.72. The highest BCUT2D eigenvalue weighted by atomic mass is 35.5. The SMILES string of the molecule is O=C(c1cccc(Cl)c1)c1ccsn1. The molecular formula is C10H6ClNOS. The van der Waals surface area contributed by atoms with Crippen molar-refractivity contribution in [2.24, 2.45) is 0 Å². The molecule has 0 unspecified atom stereocenters. The first-order valence-electron chi connectivity index (χ1n) is 3.98. The van der Waals surface area contributed by atoms with E-state index in [9.17, 15) is 4.79 Å². The van der Waals surface area contributed by atoms with Crippen LogP contribution in [0.2, 0.25) is 5.02 Å². The Bertz CT molecular complexity index is 453. The Hall–Kier alpha value is -1.19. The number of rotatable bonds is 2. The van der Waals surface area contributed by atoms with Crippen LogP contribution in [-0.4, -0.2) is 10.2 Å². The van der Waals surface area contributed by atoms with Gasteiger partial charge in [0.05, 0.1) is 0 Å². The molecule has 0 radical (unpaired) electrons. The Morgan fingerprint density at radius 3 is 2.86 bits per heavy atom. The zero-order valence-electron chi connectivity index (χ0n) is 7.11. The molecule has 0 atom stereocenters. The van der Waals surface area contributed by atoms with E-state index in [2.05, 4.69) is 4.37 Å². The van der Waals surface area contributed by atoms with E-state index in [1.165, 1.54) is 11.5 Å². The van der Waals surface area contributed by atoms with Crippen LogP contribution in [0.1, 0.15) is 16.1 Å². The van der Waals surface area contributed by atoms with Gasteiger partial charge in [0, 0.05) is 16.0 Å². The predicted molar refractivity (Wildman–Crippen MR) is 57.0 cm³/mol. The van der Waals surface area contributed by atoms with E-state index in [1.54, 1.807) is 35.7 Å². The molecular weight excluding hydrogens is 218 g/mol. The van der Waals surface area contributed by atoms with Crippen LogP contribution < -0.4 is 0 Å². The van der Waals surface area contributed by atoms with Crippen molar-refractivity contribution in [1.82, 2.24) is 4.37 Å². The molecule has 0 aliphatic carbocycles. The Morgan fingerprint density at radius 1 is 1.36 bits per heavy atom. The van der Waals surface area contributed by atoms with Crippen molar-refractivity contribution in [1.29, 1.82) is 0 Å². The van der Waals surface area contributed by atoms with Crippen LogP contribution in [0.15, 0.2) is 35.7 Å². The highest BCUT2D eigenvalue weighted by molar-refractivity contribution is 7.03. The molecule has 0 N–H and O–H groups in total. The monoisotopic (exact) mass is 223 g/mol. The lowest BCUT2D eigenvalue weighted by atomic mass is 10.1. The second-order valence-corrected chi connectivity index (χ2v) is 3.83. The van der Waals surface area contributed by atoms with Crippen LogP contribution in [0.25, 0.3) is 0 Å². The zero-order valence-corrected chi connectivity index (χ0v) is 8.68. The average Bonchev–Trinajstić information content (AvgIpc) is 2.69. The number of aromatic nitrogens is 1. The van der Waals surface area contributed by atoms with Crippen molar-refractivity contribution < 1.29 is 4.79 Å². The van der Waals surface area contributed by atoms with Crippen LogP contribution >= 0.6 is 23.1 Å². The third-order valence-corrected chi connectivity index (χ3v) is 2.55. The molecule has 0 bridgehead atoms. The quantitative estimate of drug-likeness (QED) is 0.733. The van der Waals surface area contributed by atoms with Gasteiger partial charge in [-0.15, -0.1) is 0 Å². The molecule has 0 fully saturated rings. The predicted octanol–water partition coefficient (Wildman–Crippen LogP) is 3.03. The van der Waals surface area contributed by atoms with Gasteiger partial charge in [-0.05, 0) is 29.7 Å². The molecule has 0 aliphatic rings. The first-order valence-corrected chi connectivity index (χ1v) is 5.19. The van der Waals surface area contributed by atoms with Crippen molar-refractivity contribution in [3.05, 3.63) is 52.0 Å². The maximum absolute atomic E-state index is 11.7. The van der Waals surface area contributed by atoms with E-state index in [0.717, 1.165) is 0 Å². The standard InChI is InChI=1S/C10H6ClNOS/c11-8-3-1-2-7(6-8)10(13)9-4-5-14-12-9/h1-6H. The molecule has 0 amide bonds. The van der Waals surface area contributed by atoms with Crippen molar-refractivity contribution in [3.63, 3.8) is 0 Å². The molecule has 1 heterocycles. The minimum Gasteiger partial charge on any atom is -0.287 e. The topological polar surface area (TPSA) is 30.0 Å². The van der Waals surface area contributed by atoms with E-state index in [0.29, 0.717) is 16.3 Å². The summed E-state index contributed by atoms with van der Waals surface area (Å²) in [7, 11) is 0. The number of halogens is 1. The van der Waals surface area contributed by atoms with Gasteiger partial charge >= 0.3 is 0 Å². The highest BCUT2D eigenvalue weighted by Crippen LogP contribution is 2.14. The van der Waals surface area contributed by atoms with E-state index >= 15 is 0 Å². The number of ketones is 1. The normalized spacial score (nSPS) is 10.1. The molecule has 1 aromatic carbocycles. The maximum Gasteiger partial charge on any atom is 0.212 e. The molecule has 2 nitrogen and oxygen atoms in total. The van der Waals surface area contributed by atoms with Crippen LogP contribution in [0.4, 0.5) is 0 Å². The lowest BCUT2D eigenvalue weighted by Gasteiger charge is -1.97. The number of hydrogen-bond acceptors (Lipinski definition) is 3. The van der Waals surface area contributed by atoms with Crippen molar-refractivity contribution in [3.8, 4) is 0 Å². The number of benzene rings is 1. The molecule has 2 rings (SSSR count). The van der Waals surface area contributed by atoms with Gasteiger partial charge in [-0.3, -0.25) is 4.79 Å². The fourth-order valence-corrected chi connectivity index (χ4v) is 1.81. The fourth-order valence-electron chi connectivity index (χ4n) is 1.11. The third-order valence-electron chi connectivity index (χ3n) is 1.76. The molecule has 14 heavy (non-hydrogen) atoms. The van der Waals surface area contributed by atoms with E-state index in [1.807, 2.05) is 0 Å². The van der Waals surface area contributed by atoms with Gasteiger partial charge in [0.1, 0.15) is 5.69 Å². The Labute approximate surface area is 90.3 Å². The van der Waals surface area contributed by atoms with Gasteiger partial charge in [-0.25, -0.2) is 0 Å². The highest BCUT2D eigenvalue weighted by Gasteiger charge is 2.10. The minimum absolute atomic E-state index is 0.0891. The summed E-state index contributed by atoms with van der Waals surface area (Å²) in [5, 5.41) is 2.34. The molecule has 0 aliphatic heterocycles. The second kappa shape index (κ2) is 3.90. The zero-order chi connectivity index (χ0) is 9.97. The number of hydrogen-bond donors (Lipinski definition) is 0. The van der Waals surface area contributed by atoms with Gasteiger partial charge in [-0.1, -0.05) is 23.7 Å². The van der Waals surface area contributed by atoms with Crippen molar-refractivity contribution in [2.75, 3.05) is 0 Å². The fraction of sp³-hybridized carbons (Fsp3) is 0. The summed E-state index contributed by atoms with van der Waals surface area (Å²) in [6.45, 7) is 0. The van der Waals surface area contributed by atoms with Crippen LogP contribution in [0.5, 0.6) is 0 Å². The molecule has 0 saturated heterocycles. The van der Waals surface area contributed by atoms with E-state index in [-0.39, 0.29) is 5.78 Å². The number of nitrogens with zero attached hydrogens (tertiary/aromatic N) is 1. The average molecular weight is 224 g/mol.